The fraction of sp³-hybridized carbons (Fsp3) is 0.529. The number of nitrogens with zero attached hydrogens (tertiary/aromatic N) is 1. The molecule has 1 aliphatic rings. The van der Waals surface area contributed by atoms with Crippen molar-refractivity contribution >= 4 is 29.1 Å². The Bertz CT molecular complexity index is 1100. The lowest BCUT2D eigenvalue weighted by Gasteiger charge is -2.16. The fourth-order valence-corrected chi connectivity index (χ4v) is 5.74. The number of carbonyl (C=O) groups excluding carboxylic acids is 2. The molecule has 0 atom stereocenters. The van der Waals surface area contributed by atoms with Crippen molar-refractivity contribution in [2.75, 3.05) is 17.8 Å². The minimum atomic E-state index is -0.213. The summed E-state index contributed by atoms with van der Waals surface area (Å²) >= 11 is 1.84. The molecule has 1 heterocycles. The first-order chi connectivity index (χ1) is 19.5. The van der Waals surface area contributed by atoms with E-state index in [2.05, 4.69) is 30.3 Å². The molecule has 0 spiro atoms. The van der Waals surface area contributed by atoms with Crippen molar-refractivity contribution in [2.24, 2.45) is 0 Å². The molecule has 3 rings (SSSR count). The van der Waals surface area contributed by atoms with Crippen LogP contribution in [0.2, 0.25) is 0 Å². The Balaban J connectivity index is 1.44. The van der Waals surface area contributed by atoms with Gasteiger partial charge in [0.25, 0.3) is 5.91 Å². The summed E-state index contributed by atoms with van der Waals surface area (Å²) in [7, 11) is 0. The van der Waals surface area contributed by atoms with Gasteiger partial charge in [-0.15, -0.1) is 11.8 Å². The molecule has 0 saturated carbocycles. The van der Waals surface area contributed by atoms with Gasteiger partial charge >= 0.3 is 0 Å². The molecule has 0 aliphatic carbocycles. The predicted octanol–water partition coefficient (Wildman–Crippen LogP) is 9.59. The van der Waals surface area contributed by atoms with Crippen LogP contribution in [0.15, 0.2) is 53.6 Å². The number of anilines is 1. The summed E-state index contributed by atoms with van der Waals surface area (Å²) in [6.07, 6.45) is 17.5. The van der Waals surface area contributed by atoms with Gasteiger partial charge in [0.05, 0.1) is 23.7 Å². The van der Waals surface area contributed by atoms with Crippen LogP contribution in [-0.2, 0) is 6.54 Å². The summed E-state index contributed by atoms with van der Waals surface area (Å²) < 4.78 is 6.11. The number of allylic oxidation sites excluding steroid dienone is 1. The van der Waals surface area contributed by atoms with E-state index in [0.29, 0.717) is 29.2 Å². The molecular weight excluding hydrogens is 516 g/mol. The molecule has 0 fully saturated rings. The number of ether oxygens (including phenoxy) is 1. The minimum Gasteiger partial charge on any atom is -0.491 e. The number of hydrogen-bond donors (Lipinski definition) is 1. The van der Waals surface area contributed by atoms with Gasteiger partial charge in [-0.3, -0.25) is 9.59 Å². The number of Topliss-reactive ketones (excluding diaryl/α,β-unsaturated/α-hetero) is 1. The van der Waals surface area contributed by atoms with Crippen LogP contribution in [0.1, 0.15) is 124 Å². The second-order valence-corrected chi connectivity index (χ2v) is 12.1. The van der Waals surface area contributed by atoms with Crippen molar-refractivity contribution in [1.29, 1.82) is 0 Å². The largest absolute Gasteiger partial charge is 0.491 e. The number of thioether (sulfide) groups is 1. The molecule has 1 amide bonds. The van der Waals surface area contributed by atoms with Crippen molar-refractivity contribution in [1.82, 2.24) is 4.90 Å². The zero-order valence-electron chi connectivity index (χ0n) is 24.8. The molecule has 0 aromatic heterocycles. The Kier molecular flexibility index (Phi) is 14.2. The zero-order valence-corrected chi connectivity index (χ0v) is 25.6. The van der Waals surface area contributed by atoms with E-state index in [1.54, 1.807) is 18.2 Å². The van der Waals surface area contributed by atoms with E-state index in [0.717, 1.165) is 30.8 Å². The lowest BCUT2D eigenvalue weighted by molar-refractivity contribution is 0.100. The standard InChI is InChI=1S/C34H48N2O3S/c1-4-5-6-7-8-9-10-11-12-13-14-15-23-39-33-31(28(3)37)17-16-18-32(33)35-34(38)30-21-19-29(20-22-30)25-36-24-27(2)40-26-36/h16-22,24H,4-15,23,25-26H2,1-3H3,(H,35,38). The Morgan fingerprint density at radius 1 is 0.875 bits per heavy atom. The van der Waals surface area contributed by atoms with Crippen molar-refractivity contribution in [3.05, 3.63) is 70.3 Å². The first-order valence-electron chi connectivity index (χ1n) is 15.2. The average molecular weight is 565 g/mol. The number of benzene rings is 2. The van der Waals surface area contributed by atoms with Crippen molar-refractivity contribution in [3.63, 3.8) is 0 Å². The number of amides is 1. The molecule has 218 valence electrons. The van der Waals surface area contributed by atoms with Gasteiger partial charge in [0.15, 0.2) is 11.5 Å². The normalized spacial score (nSPS) is 12.9. The summed E-state index contributed by atoms with van der Waals surface area (Å²) in [5.74, 6) is 1.14. The van der Waals surface area contributed by atoms with Gasteiger partial charge in [-0.25, -0.2) is 0 Å². The van der Waals surface area contributed by atoms with Crippen LogP contribution in [0.25, 0.3) is 0 Å². The molecule has 0 radical (unpaired) electrons. The second kappa shape index (κ2) is 17.9. The molecule has 2 aromatic carbocycles. The monoisotopic (exact) mass is 564 g/mol. The third-order valence-corrected chi connectivity index (χ3v) is 8.33. The predicted molar refractivity (Wildman–Crippen MR) is 169 cm³/mol. The molecule has 1 N–H and O–H groups in total. The van der Waals surface area contributed by atoms with E-state index in [1.807, 2.05) is 36.0 Å². The van der Waals surface area contributed by atoms with E-state index in [9.17, 15) is 9.59 Å². The Morgan fingerprint density at radius 2 is 1.50 bits per heavy atom. The summed E-state index contributed by atoms with van der Waals surface area (Å²) in [5.41, 5.74) is 2.77. The third-order valence-electron chi connectivity index (χ3n) is 7.31. The van der Waals surface area contributed by atoms with Gasteiger partial charge < -0.3 is 15.0 Å². The molecule has 40 heavy (non-hydrogen) atoms. The molecule has 0 bridgehead atoms. The summed E-state index contributed by atoms with van der Waals surface area (Å²) in [6.45, 7) is 7.27. The van der Waals surface area contributed by atoms with Crippen LogP contribution in [0.5, 0.6) is 5.75 Å². The third kappa shape index (κ3) is 11.0. The SMILES string of the molecule is CCCCCCCCCCCCCCOc1c(NC(=O)c2ccc(CN3C=C(C)SC3)cc2)cccc1C(C)=O. The quantitative estimate of drug-likeness (QED) is 0.136. The molecule has 1 aliphatic heterocycles. The van der Waals surface area contributed by atoms with Crippen molar-refractivity contribution < 1.29 is 14.3 Å². The molecule has 0 unspecified atom stereocenters. The highest BCUT2D eigenvalue weighted by Crippen LogP contribution is 2.31. The number of carbonyl (C=O) groups is 2. The van der Waals surface area contributed by atoms with Crippen LogP contribution in [0.3, 0.4) is 0 Å². The molecule has 5 nitrogen and oxygen atoms in total. The van der Waals surface area contributed by atoms with Gasteiger partial charge in [0, 0.05) is 18.3 Å². The zero-order chi connectivity index (χ0) is 28.6. The van der Waals surface area contributed by atoms with E-state index in [4.69, 9.17) is 4.74 Å². The number of rotatable bonds is 19. The number of nitrogens with one attached hydrogen (secondary N) is 1. The second-order valence-electron chi connectivity index (χ2n) is 10.9. The highest BCUT2D eigenvalue weighted by Gasteiger charge is 2.17. The summed E-state index contributed by atoms with van der Waals surface area (Å²) in [6, 6.07) is 13.1. The topological polar surface area (TPSA) is 58.6 Å². The summed E-state index contributed by atoms with van der Waals surface area (Å²) in [4.78, 5) is 29.0. The number of unbranched alkanes of at least 4 members (excludes halogenated alkanes) is 11. The van der Waals surface area contributed by atoms with Crippen LogP contribution >= 0.6 is 11.8 Å². The molecule has 6 heteroatoms. The smallest absolute Gasteiger partial charge is 0.255 e. The molecule has 0 saturated heterocycles. The minimum absolute atomic E-state index is 0.0745. The number of para-hydroxylation sites is 1. The molecular formula is C34H48N2O3S. The number of ketones is 1. The maximum Gasteiger partial charge on any atom is 0.255 e. The van der Waals surface area contributed by atoms with E-state index >= 15 is 0 Å². The average Bonchev–Trinajstić information content (AvgIpc) is 3.36. The highest BCUT2D eigenvalue weighted by atomic mass is 32.2. The van der Waals surface area contributed by atoms with Crippen LogP contribution in [-0.4, -0.2) is 29.1 Å². The maximum atomic E-state index is 13.1. The number of hydrogen-bond acceptors (Lipinski definition) is 5. The van der Waals surface area contributed by atoms with E-state index in [1.165, 1.54) is 76.0 Å². The Hall–Kier alpha value is -2.73. The maximum absolute atomic E-state index is 13.1. The van der Waals surface area contributed by atoms with Gasteiger partial charge in [0.1, 0.15) is 0 Å². The van der Waals surface area contributed by atoms with Crippen molar-refractivity contribution in [3.8, 4) is 5.75 Å². The Morgan fingerprint density at radius 3 is 2.08 bits per heavy atom. The van der Waals surface area contributed by atoms with Crippen LogP contribution in [0.4, 0.5) is 5.69 Å². The Labute approximate surface area is 246 Å². The van der Waals surface area contributed by atoms with Crippen LogP contribution in [0, 0.1) is 0 Å². The fourth-order valence-electron chi connectivity index (χ4n) is 4.98. The first kappa shape index (κ1) is 31.8. The van der Waals surface area contributed by atoms with Gasteiger partial charge in [-0.1, -0.05) is 95.8 Å². The summed E-state index contributed by atoms with van der Waals surface area (Å²) in [5, 5.41) is 2.98. The van der Waals surface area contributed by atoms with E-state index in [-0.39, 0.29) is 11.7 Å². The van der Waals surface area contributed by atoms with E-state index < -0.39 is 0 Å². The van der Waals surface area contributed by atoms with Gasteiger partial charge in [0.2, 0.25) is 0 Å². The highest BCUT2D eigenvalue weighted by molar-refractivity contribution is 8.03. The van der Waals surface area contributed by atoms with Gasteiger partial charge in [-0.05, 0) is 55.0 Å². The van der Waals surface area contributed by atoms with Crippen molar-refractivity contribution in [2.45, 2.75) is 104 Å². The molecule has 2 aromatic rings. The lowest BCUT2D eigenvalue weighted by atomic mass is 10.1. The first-order valence-corrected chi connectivity index (χ1v) is 16.2. The lowest BCUT2D eigenvalue weighted by Crippen LogP contribution is -2.15. The van der Waals surface area contributed by atoms with Gasteiger partial charge in [-0.2, -0.15) is 0 Å². The van der Waals surface area contributed by atoms with Crippen LogP contribution < -0.4 is 10.1 Å².